The lowest BCUT2D eigenvalue weighted by molar-refractivity contribution is 0.408. The van der Waals surface area contributed by atoms with Crippen LogP contribution in [0.2, 0.25) is 0 Å². The molecule has 0 aliphatic rings. The Balaban J connectivity index is 3.02. The number of hydrogen-bond donors (Lipinski definition) is 2. The Hall–Kier alpha value is -0.670. The summed E-state index contributed by atoms with van der Waals surface area (Å²) in [6.45, 7) is 4.09. The molecule has 0 aromatic heterocycles. The van der Waals surface area contributed by atoms with Gasteiger partial charge in [-0.3, -0.25) is 0 Å². The van der Waals surface area contributed by atoms with Crippen LogP contribution < -0.4 is 10.5 Å². The fraction of sp³-hybridized carbons (Fsp3) is 0.500. The van der Waals surface area contributed by atoms with Gasteiger partial charge in [-0.05, 0) is 42.7 Å². The van der Waals surface area contributed by atoms with Crippen molar-refractivity contribution in [3.8, 4) is 5.75 Å². The van der Waals surface area contributed by atoms with Crippen LogP contribution in [0.3, 0.4) is 0 Å². The lowest BCUT2D eigenvalue weighted by Gasteiger charge is -2.15. The van der Waals surface area contributed by atoms with Gasteiger partial charge in [0.2, 0.25) is 0 Å². The summed E-state index contributed by atoms with van der Waals surface area (Å²) in [7, 11) is 1.70. The highest BCUT2D eigenvalue weighted by atomic mass is 32.1. The first-order chi connectivity index (χ1) is 7.10. The summed E-state index contributed by atoms with van der Waals surface area (Å²) >= 11 is 4.20. The molecule has 0 saturated carbocycles. The zero-order valence-electron chi connectivity index (χ0n) is 9.58. The molecule has 2 N–H and O–H groups in total. The number of nitrogens with two attached hydrogens (primary N) is 1. The van der Waals surface area contributed by atoms with E-state index >= 15 is 0 Å². The molecular formula is C12H19NOS. The molecule has 1 aromatic rings. The molecule has 0 aliphatic carbocycles. The van der Waals surface area contributed by atoms with E-state index in [2.05, 4.69) is 24.8 Å². The fourth-order valence-electron chi connectivity index (χ4n) is 1.83. The van der Waals surface area contributed by atoms with Crippen molar-refractivity contribution in [2.75, 3.05) is 12.9 Å². The summed E-state index contributed by atoms with van der Waals surface area (Å²) < 4.78 is 5.31. The minimum atomic E-state index is 0.0748. The zero-order valence-corrected chi connectivity index (χ0v) is 10.5. The Bertz CT molecular complexity index is 315. The Kier molecular flexibility index (Phi) is 4.48. The maximum atomic E-state index is 6.05. The summed E-state index contributed by atoms with van der Waals surface area (Å²) in [6, 6.07) is 4.27. The number of benzene rings is 1. The quantitative estimate of drug-likeness (QED) is 0.773. The van der Waals surface area contributed by atoms with Crippen molar-refractivity contribution in [1.82, 2.24) is 0 Å². The van der Waals surface area contributed by atoms with E-state index in [4.69, 9.17) is 10.5 Å². The molecule has 1 aromatic carbocycles. The van der Waals surface area contributed by atoms with Crippen molar-refractivity contribution in [2.24, 2.45) is 5.73 Å². The Morgan fingerprint density at radius 2 is 1.87 bits per heavy atom. The number of aryl methyl sites for hydroxylation is 2. The molecule has 0 radical (unpaired) electrons. The molecule has 84 valence electrons. The van der Waals surface area contributed by atoms with Crippen molar-refractivity contribution in [1.29, 1.82) is 0 Å². The predicted octanol–water partition coefficient (Wildman–Crippen LogP) is 2.63. The zero-order chi connectivity index (χ0) is 11.4. The molecule has 0 bridgehead atoms. The minimum absolute atomic E-state index is 0.0748. The molecule has 0 saturated heterocycles. The van der Waals surface area contributed by atoms with Gasteiger partial charge in [-0.2, -0.15) is 12.6 Å². The van der Waals surface area contributed by atoms with Crippen molar-refractivity contribution in [3.63, 3.8) is 0 Å². The first kappa shape index (κ1) is 12.4. The average Bonchev–Trinajstić information content (AvgIpc) is 2.17. The SMILES string of the molecule is COc1c(C)cc(C(N)CCS)cc1C. The molecule has 0 spiro atoms. The van der Waals surface area contributed by atoms with Crippen LogP contribution in [0.15, 0.2) is 12.1 Å². The minimum Gasteiger partial charge on any atom is -0.496 e. The van der Waals surface area contributed by atoms with Crippen molar-refractivity contribution in [2.45, 2.75) is 26.3 Å². The van der Waals surface area contributed by atoms with E-state index in [-0.39, 0.29) is 6.04 Å². The standard InChI is InChI=1S/C12H19NOS/c1-8-6-10(11(13)4-5-15)7-9(2)12(8)14-3/h6-7,11,15H,4-5,13H2,1-3H3. The van der Waals surface area contributed by atoms with E-state index < -0.39 is 0 Å². The summed E-state index contributed by atoms with van der Waals surface area (Å²) in [6.07, 6.45) is 0.897. The second-order valence-corrected chi connectivity index (χ2v) is 4.25. The summed E-state index contributed by atoms with van der Waals surface area (Å²) in [5.41, 5.74) is 9.49. The molecule has 0 aliphatic heterocycles. The highest BCUT2D eigenvalue weighted by Crippen LogP contribution is 2.27. The van der Waals surface area contributed by atoms with Gasteiger partial charge in [-0.25, -0.2) is 0 Å². The maximum Gasteiger partial charge on any atom is 0.124 e. The van der Waals surface area contributed by atoms with E-state index in [1.165, 1.54) is 5.56 Å². The van der Waals surface area contributed by atoms with E-state index in [1.807, 2.05) is 13.8 Å². The molecule has 2 nitrogen and oxygen atoms in total. The van der Waals surface area contributed by atoms with Gasteiger partial charge < -0.3 is 10.5 Å². The van der Waals surface area contributed by atoms with Crippen molar-refractivity contribution >= 4 is 12.6 Å². The van der Waals surface area contributed by atoms with E-state index in [9.17, 15) is 0 Å². The summed E-state index contributed by atoms with van der Waals surface area (Å²) in [4.78, 5) is 0. The molecule has 0 fully saturated rings. The van der Waals surface area contributed by atoms with E-state index in [0.717, 1.165) is 29.1 Å². The third-order valence-electron chi connectivity index (χ3n) is 2.56. The molecule has 0 amide bonds. The van der Waals surface area contributed by atoms with Gasteiger partial charge in [0, 0.05) is 6.04 Å². The van der Waals surface area contributed by atoms with Gasteiger partial charge in [0.15, 0.2) is 0 Å². The number of methoxy groups -OCH3 is 1. The third-order valence-corrected chi connectivity index (χ3v) is 2.81. The van der Waals surface area contributed by atoms with Crippen LogP contribution in [0.25, 0.3) is 0 Å². The first-order valence-corrected chi connectivity index (χ1v) is 5.75. The largest absolute Gasteiger partial charge is 0.496 e. The van der Waals surface area contributed by atoms with Crippen LogP contribution in [0.1, 0.15) is 29.2 Å². The molecule has 1 atom stereocenters. The highest BCUT2D eigenvalue weighted by Gasteiger charge is 2.10. The molecular weight excluding hydrogens is 206 g/mol. The number of thiol groups is 1. The second-order valence-electron chi connectivity index (χ2n) is 3.81. The van der Waals surface area contributed by atoms with Gasteiger partial charge in [-0.1, -0.05) is 12.1 Å². The third kappa shape index (κ3) is 2.89. The van der Waals surface area contributed by atoms with Gasteiger partial charge in [0.1, 0.15) is 5.75 Å². The molecule has 1 unspecified atom stereocenters. The number of ether oxygens (including phenoxy) is 1. The second kappa shape index (κ2) is 5.42. The Morgan fingerprint density at radius 1 is 1.33 bits per heavy atom. The molecule has 0 heterocycles. The maximum absolute atomic E-state index is 6.05. The summed E-state index contributed by atoms with van der Waals surface area (Å²) in [5.74, 6) is 1.77. The van der Waals surface area contributed by atoms with E-state index in [1.54, 1.807) is 7.11 Å². The van der Waals surface area contributed by atoms with Gasteiger partial charge in [0.05, 0.1) is 7.11 Å². The van der Waals surface area contributed by atoms with Gasteiger partial charge in [-0.15, -0.1) is 0 Å². The molecule has 1 rings (SSSR count). The van der Waals surface area contributed by atoms with Gasteiger partial charge >= 0.3 is 0 Å². The van der Waals surface area contributed by atoms with Crippen molar-refractivity contribution in [3.05, 3.63) is 28.8 Å². The Morgan fingerprint density at radius 3 is 2.27 bits per heavy atom. The predicted molar refractivity (Wildman–Crippen MR) is 67.9 cm³/mol. The fourth-order valence-corrected chi connectivity index (χ4v) is 2.10. The lowest BCUT2D eigenvalue weighted by atomic mass is 9.99. The summed E-state index contributed by atoms with van der Waals surface area (Å²) in [5, 5.41) is 0. The van der Waals surface area contributed by atoms with Gasteiger partial charge in [0.25, 0.3) is 0 Å². The van der Waals surface area contributed by atoms with Crippen LogP contribution in [0.4, 0.5) is 0 Å². The smallest absolute Gasteiger partial charge is 0.124 e. The van der Waals surface area contributed by atoms with Crippen molar-refractivity contribution < 1.29 is 4.74 Å². The van der Waals surface area contributed by atoms with Crippen LogP contribution in [-0.2, 0) is 0 Å². The van der Waals surface area contributed by atoms with Crippen LogP contribution >= 0.6 is 12.6 Å². The number of rotatable bonds is 4. The lowest BCUT2D eigenvalue weighted by Crippen LogP contribution is -2.11. The highest BCUT2D eigenvalue weighted by molar-refractivity contribution is 7.80. The average molecular weight is 225 g/mol. The molecule has 3 heteroatoms. The number of hydrogen-bond acceptors (Lipinski definition) is 3. The van der Waals surface area contributed by atoms with Crippen LogP contribution in [-0.4, -0.2) is 12.9 Å². The first-order valence-electron chi connectivity index (χ1n) is 5.11. The van der Waals surface area contributed by atoms with Crippen LogP contribution in [0.5, 0.6) is 5.75 Å². The monoisotopic (exact) mass is 225 g/mol. The Labute approximate surface area is 97.2 Å². The van der Waals surface area contributed by atoms with E-state index in [0.29, 0.717) is 0 Å². The van der Waals surface area contributed by atoms with Crippen LogP contribution in [0, 0.1) is 13.8 Å². The molecule has 15 heavy (non-hydrogen) atoms. The topological polar surface area (TPSA) is 35.2 Å². The normalized spacial score (nSPS) is 12.6.